The predicted octanol–water partition coefficient (Wildman–Crippen LogP) is 12.3. The summed E-state index contributed by atoms with van der Waals surface area (Å²) in [6.45, 7) is 3.90. The zero-order valence-electron chi connectivity index (χ0n) is 36.1. The standard InChI is InChI=1S/C58H48N2O4/c1-31(35-7-11-37(12-8-35)49-21-33-3-5-43(49)19-33)59-55(61)51-27-45-23-39-15-17-41-25-47-29-53-54(30-48(47)26-42(41)18-16-40(39)24-46(45)28-52(51)56(59)62)58(64)60(57(53)63)32(2)36-9-13-38(14-10-36)50-22-34-4-6-44(50)20-34/h3-15,17,23-34,43-44,49-50H,16,18-22H2,1-2H3. The van der Waals surface area contributed by atoms with E-state index in [4.69, 9.17) is 0 Å². The van der Waals surface area contributed by atoms with Crippen LogP contribution in [0.5, 0.6) is 0 Å². The third-order valence-electron chi connectivity index (χ3n) is 16.4. The van der Waals surface area contributed by atoms with Crippen molar-refractivity contribution in [2.75, 3.05) is 0 Å². The van der Waals surface area contributed by atoms with Crippen LogP contribution in [0.2, 0.25) is 0 Å². The van der Waals surface area contributed by atoms with Gasteiger partial charge in [0.25, 0.3) is 23.6 Å². The van der Waals surface area contributed by atoms with Crippen molar-refractivity contribution in [2.45, 2.75) is 76.3 Å². The summed E-state index contributed by atoms with van der Waals surface area (Å²) >= 11 is 0. The van der Waals surface area contributed by atoms with Crippen LogP contribution < -0.4 is 0 Å². The highest BCUT2D eigenvalue weighted by molar-refractivity contribution is 6.24. The van der Waals surface area contributed by atoms with Crippen molar-refractivity contribution in [1.29, 1.82) is 0 Å². The van der Waals surface area contributed by atoms with Gasteiger partial charge in [-0.05, 0) is 190 Å². The van der Waals surface area contributed by atoms with E-state index in [9.17, 15) is 19.2 Å². The first kappa shape index (κ1) is 37.9. The summed E-state index contributed by atoms with van der Waals surface area (Å²) in [5.74, 6) is 2.76. The highest BCUT2D eigenvalue weighted by Crippen LogP contribution is 2.50. The van der Waals surface area contributed by atoms with E-state index in [-0.39, 0.29) is 23.6 Å². The Morgan fingerprint density at radius 3 is 1.12 bits per heavy atom. The van der Waals surface area contributed by atoms with Crippen LogP contribution in [-0.4, -0.2) is 33.4 Å². The molecule has 0 radical (unpaired) electrons. The van der Waals surface area contributed by atoms with Crippen LogP contribution in [0.25, 0.3) is 33.7 Å². The van der Waals surface area contributed by atoms with Crippen LogP contribution in [0.1, 0.15) is 149 Å². The molecule has 8 atom stereocenters. The maximum atomic E-state index is 14.0. The average Bonchev–Trinajstić information content (AvgIpc) is 4.19. The number of rotatable bonds is 6. The van der Waals surface area contributed by atoms with Crippen molar-refractivity contribution >= 4 is 57.3 Å². The van der Waals surface area contributed by atoms with Crippen LogP contribution in [0.15, 0.2) is 121 Å². The molecule has 0 spiro atoms. The lowest BCUT2D eigenvalue weighted by Crippen LogP contribution is -2.32. The summed E-state index contributed by atoms with van der Waals surface area (Å²) in [7, 11) is 0. The molecule has 2 fully saturated rings. The number of carbonyl (C=O) groups is 4. The Morgan fingerprint density at radius 2 is 0.797 bits per heavy atom. The molecule has 314 valence electrons. The highest BCUT2D eigenvalue weighted by atomic mass is 16.2. The van der Waals surface area contributed by atoms with Crippen LogP contribution in [0.3, 0.4) is 0 Å². The van der Waals surface area contributed by atoms with Gasteiger partial charge in [0.2, 0.25) is 0 Å². The van der Waals surface area contributed by atoms with Crippen molar-refractivity contribution < 1.29 is 19.2 Å². The molecule has 4 amide bonds. The smallest absolute Gasteiger partial charge is 0.262 e. The van der Waals surface area contributed by atoms with E-state index in [1.54, 1.807) is 0 Å². The van der Waals surface area contributed by atoms with E-state index in [0.717, 1.165) is 56.6 Å². The van der Waals surface area contributed by atoms with Crippen molar-refractivity contribution in [3.63, 3.8) is 0 Å². The summed E-state index contributed by atoms with van der Waals surface area (Å²) in [6, 6.07) is 32.6. The Hall–Kier alpha value is -6.66. The van der Waals surface area contributed by atoms with Crippen LogP contribution >= 0.6 is 0 Å². The van der Waals surface area contributed by atoms with E-state index in [1.165, 1.54) is 57.7 Å². The summed E-state index contributed by atoms with van der Waals surface area (Å²) in [6.07, 6.45) is 20.2. The molecular formula is C58H48N2O4. The molecule has 2 heterocycles. The summed E-state index contributed by atoms with van der Waals surface area (Å²) < 4.78 is 0. The van der Waals surface area contributed by atoms with Crippen LogP contribution in [-0.2, 0) is 12.8 Å². The zero-order valence-corrected chi connectivity index (χ0v) is 36.1. The molecule has 7 aliphatic rings. The Balaban J connectivity index is 0.751. The first-order valence-electron chi connectivity index (χ1n) is 23.3. The number of fused-ring (bicyclic) bond motifs is 10. The van der Waals surface area contributed by atoms with Gasteiger partial charge in [-0.25, -0.2) is 0 Å². The van der Waals surface area contributed by atoms with Gasteiger partial charge >= 0.3 is 0 Å². The average molecular weight is 837 g/mol. The third kappa shape index (κ3) is 5.70. The van der Waals surface area contributed by atoms with Gasteiger partial charge in [-0.3, -0.25) is 29.0 Å². The van der Waals surface area contributed by atoms with Crippen molar-refractivity contribution in [3.8, 4) is 0 Å². The van der Waals surface area contributed by atoms with E-state index >= 15 is 0 Å². The number of benzene rings is 6. The fourth-order valence-electron chi connectivity index (χ4n) is 12.8. The van der Waals surface area contributed by atoms with Crippen molar-refractivity contribution in [2.24, 2.45) is 23.7 Å². The van der Waals surface area contributed by atoms with E-state index in [0.29, 0.717) is 57.8 Å². The second-order valence-electron chi connectivity index (χ2n) is 19.8. The monoisotopic (exact) mass is 836 g/mol. The van der Waals surface area contributed by atoms with Gasteiger partial charge in [0, 0.05) is 0 Å². The van der Waals surface area contributed by atoms with E-state index in [1.807, 2.05) is 38.1 Å². The highest BCUT2D eigenvalue weighted by Gasteiger charge is 2.42. The van der Waals surface area contributed by atoms with Crippen molar-refractivity contribution in [3.05, 3.63) is 188 Å². The molecule has 0 aromatic heterocycles. The van der Waals surface area contributed by atoms with E-state index in [2.05, 4.69) is 109 Å². The molecule has 0 N–H and O–H groups in total. The number of amides is 4. The molecule has 6 aromatic carbocycles. The molecule has 5 aliphatic carbocycles. The lowest BCUT2D eigenvalue weighted by Gasteiger charge is -2.24. The molecule has 2 aliphatic heterocycles. The maximum Gasteiger partial charge on any atom is 0.262 e. The van der Waals surface area contributed by atoms with Gasteiger partial charge in [-0.2, -0.15) is 0 Å². The molecular weight excluding hydrogens is 789 g/mol. The van der Waals surface area contributed by atoms with Gasteiger partial charge in [0.05, 0.1) is 34.3 Å². The second kappa shape index (κ2) is 13.9. The first-order chi connectivity index (χ1) is 31.1. The first-order valence-corrected chi connectivity index (χ1v) is 23.3. The third-order valence-corrected chi connectivity index (χ3v) is 16.4. The lowest BCUT2D eigenvalue weighted by atomic mass is 9.86. The normalized spacial score (nSPS) is 25.7. The summed E-state index contributed by atoms with van der Waals surface area (Å²) in [5, 5.41) is 3.73. The number of carbonyl (C=O) groups excluding carboxylic acids is 4. The van der Waals surface area contributed by atoms with Gasteiger partial charge in [0.15, 0.2) is 0 Å². The lowest BCUT2D eigenvalue weighted by molar-refractivity contribution is 0.0579. The number of nitrogens with zero attached hydrogens (tertiary/aromatic N) is 2. The molecule has 2 saturated carbocycles. The molecule has 13 rings (SSSR count). The van der Waals surface area contributed by atoms with Gasteiger partial charge < -0.3 is 0 Å². The topological polar surface area (TPSA) is 74.8 Å². The molecule has 0 saturated heterocycles. The largest absolute Gasteiger partial charge is 0.269 e. The molecule has 4 bridgehead atoms. The van der Waals surface area contributed by atoms with Gasteiger partial charge in [-0.1, -0.05) is 97.1 Å². The molecule has 6 nitrogen and oxygen atoms in total. The molecule has 64 heavy (non-hydrogen) atoms. The Morgan fingerprint density at radius 1 is 0.438 bits per heavy atom. The minimum absolute atomic E-state index is 0.244. The molecule has 6 aromatic rings. The van der Waals surface area contributed by atoms with Gasteiger partial charge in [0.1, 0.15) is 0 Å². The second-order valence-corrected chi connectivity index (χ2v) is 19.8. The van der Waals surface area contributed by atoms with Crippen LogP contribution in [0, 0.1) is 23.7 Å². The SMILES string of the molecule is CC(c1ccc(C2CC3C=CC2C3)cc1)N1C(=O)c2cc3cc4c(cc3cc2C1=O)CCc1cc2cc3c(cc2cc1C=C4)C(=O)N(C(C)c1ccc(C2CC4C=CC2C4)cc1)C3=O. The molecule has 6 heteroatoms. The van der Waals surface area contributed by atoms with Crippen molar-refractivity contribution in [1.82, 2.24) is 9.80 Å². The fourth-order valence-corrected chi connectivity index (χ4v) is 12.8. The number of aryl methyl sites for hydroxylation is 2. The van der Waals surface area contributed by atoms with E-state index < -0.39 is 12.1 Å². The minimum Gasteiger partial charge on any atom is -0.269 e. The number of imide groups is 2. The van der Waals surface area contributed by atoms with Crippen LogP contribution in [0.4, 0.5) is 0 Å². The van der Waals surface area contributed by atoms with Gasteiger partial charge in [-0.15, -0.1) is 0 Å². The number of hydrogen-bond acceptors (Lipinski definition) is 4. The number of allylic oxidation sites excluding steroid dienone is 4. The Bertz CT molecular complexity index is 2960. The zero-order chi connectivity index (χ0) is 43.1. The summed E-state index contributed by atoms with van der Waals surface area (Å²) in [4.78, 5) is 58.9. The maximum absolute atomic E-state index is 14.0. The quantitative estimate of drug-likeness (QED) is 0.124. The predicted molar refractivity (Wildman–Crippen MR) is 251 cm³/mol. The molecule has 8 unspecified atom stereocenters. The minimum atomic E-state index is -0.390. The number of hydrogen-bond donors (Lipinski definition) is 0. The Labute approximate surface area is 373 Å². The Kier molecular flexibility index (Phi) is 8.23. The summed E-state index contributed by atoms with van der Waals surface area (Å²) in [5.41, 5.74) is 10.9. The fraction of sp³-hybridized carbons (Fsp3) is 0.276.